The Hall–Kier alpha value is -0.120. The van der Waals surface area contributed by atoms with Gasteiger partial charge in [0, 0.05) is 17.4 Å². The van der Waals surface area contributed by atoms with Gasteiger partial charge in [0.25, 0.3) is 0 Å². The summed E-state index contributed by atoms with van der Waals surface area (Å²) in [5, 5.41) is 3.37. The molecule has 0 amide bonds. The lowest BCUT2D eigenvalue weighted by Crippen LogP contribution is -2.51. The molecule has 0 radical (unpaired) electrons. The first-order valence-corrected chi connectivity index (χ1v) is 6.90. The lowest BCUT2D eigenvalue weighted by atomic mass is 9.80. The van der Waals surface area contributed by atoms with Crippen molar-refractivity contribution in [3.05, 3.63) is 0 Å². The number of nitrogens with one attached hydrogen (secondary N) is 1. The molecule has 1 aliphatic heterocycles. The van der Waals surface area contributed by atoms with Crippen LogP contribution in [0.3, 0.4) is 0 Å². The van der Waals surface area contributed by atoms with Crippen LogP contribution < -0.4 is 5.32 Å². The van der Waals surface area contributed by atoms with Crippen LogP contribution >= 0.6 is 0 Å². The first kappa shape index (κ1) is 13.3. The van der Waals surface area contributed by atoms with E-state index in [1.165, 1.54) is 25.7 Å². The average molecular weight is 241 g/mol. The molecular weight excluding hydrogens is 214 g/mol. The lowest BCUT2D eigenvalue weighted by molar-refractivity contribution is -0.316. The Labute approximate surface area is 105 Å². The van der Waals surface area contributed by atoms with E-state index in [9.17, 15) is 0 Å². The summed E-state index contributed by atoms with van der Waals surface area (Å²) in [4.78, 5) is 0. The topological polar surface area (TPSA) is 30.5 Å². The van der Waals surface area contributed by atoms with Gasteiger partial charge >= 0.3 is 0 Å². The molecule has 0 spiro atoms. The van der Waals surface area contributed by atoms with Gasteiger partial charge in [-0.15, -0.1) is 0 Å². The molecule has 100 valence electrons. The number of ether oxygens (including phenoxy) is 2. The second kappa shape index (κ2) is 4.87. The van der Waals surface area contributed by atoms with E-state index >= 15 is 0 Å². The van der Waals surface area contributed by atoms with Crippen LogP contribution in [0.25, 0.3) is 0 Å². The molecular formula is C14H27NO2. The fourth-order valence-corrected chi connectivity index (χ4v) is 2.90. The van der Waals surface area contributed by atoms with Crippen molar-refractivity contribution in [2.24, 2.45) is 11.3 Å². The van der Waals surface area contributed by atoms with Crippen LogP contribution in [-0.4, -0.2) is 32.1 Å². The molecule has 2 rings (SSSR count). The van der Waals surface area contributed by atoms with Crippen LogP contribution in [0.1, 0.15) is 46.5 Å². The molecule has 0 aromatic carbocycles. The molecule has 0 aromatic rings. The minimum atomic E-state index is -0.339. The molecule has 0 atom stereocenters. The van der Waals surface area contributed by atoms with E-state index in [4.69, 9.17) is 9.47 Å². The lowest BCUT2D eigenvalue weighted by Gasteiger charge is -2.47. The summed E-state index contributed by atoms with van der Waals surface area (Å²) in [7, 11) is 2.06. The van der Waals surface area contributed by atoms with E-state index in [0.29, 0.717) is 12.0 Å². The summed E-state index contributed by atoms with van der Waals surface area (Å²) in [6.07, 6.45) is 4.91. The first-order valence-electron chi connectivity index (χ1n) is 6.90. The van der Waals surface area contributed by atoms with Gasteiger partial charge in [-0.3, -0.25) is 0 Å². The molecule has 1 N–H and O–H groups in total. The molecule has 3 nitrogen and oxygen atoms in total. The van der Waals surface area contributed by atoms with E-state index in [1.54, 1.807) is 0 Å². The quantitative estimate of drug-likeness (QED) is 0.806. The monoisotopic (exact) mass is 241 g/mol. The van der Waals surface area contributed by atoms with E-state index in [0.717, 1.165) is 13.2 Å². The fourth-order valence-electron chi connectivity index (χ4n) is 2.90. The summed E-state index contributed by atoms with van der Waals surface area (Å²) in [6.45, 7) is 8.16. The number of hydrogen-bond donors (Lipinski definition) is 1. The Morgan fingerprint density at radius 2 is 1.47 bits per heavy atom. The van der Waals surface area contributed by atoms with Crippen molar-refractivity contribution in [3.63, 3.8) is 0 Å². The second-order valence-corrected chi connectivity index (χ2v) is 6.59. The fraction of sp³-hybridized carbons (Fsp3) is 1.00. The number of rotatable bonds is 2. The third-order valence-electron chi connectivity index (χ3n) is 4.38. The van der Waals surface area contributed by atoms with Crippen molar-refractivity contribution >= 4 is 0 Å². The van der Waals surface area contributed by atoms with Crippen LogP contribution in [0.15, 0.2) is 0 Å². The predicted octanol–water partition coefficient (Wildman–Crippen LogP) is 2.55. The van der Waals surface area contributed by atoms with Gasteiger partial charge in [-0.25, -0.2) is 0 Å². The van der Waals surface area contributed by atoms with E-state index in [1.807, 2.05) is 0 Å². The smallest absolute Gasteiger partial charge is 0.168 e. The van der Waals surface area contributed by atoms with E-state index in [2.05, 4.69) is 33.1 Å². The second-order valence-electron chi connectivity index (χ2n) is 6.59. The van der Waals surface area contributed by atoms with Crippen LogP contribution in [0.5, 0.6) is 0 Å². The molecule has 2 aliphatic rings. The minimum absolute atomic E-state index is 0.168. The summed E-state index contributed by atoms with van der Waals surface area (Å²) in [6, 6.07) is 0.690. The average Bonchev–Trinajstić information content (AvgIpc) is 2.34. The summed E-state index contributed by atoms with van der Waals surface area (Å²) >= 11 is 0. The standard InChI is InChI=1S/C14H27NO2/c1-13(2)9-16-14(3,17-10-13)11-5-7-12(15-4)8-6-11/h11-12,15H,5-10H2,1-4H3. The maximum absolute atomic E-state index is 6.05. The van der Waals surface area contributed by atoms with Crippen LogP contribution in [0.2, 0.25) is 0 Å². The summed E-state index contributed by atoms with van der Waals surface area (Å²) in [5.41, 5.74) is 0.168. The van der Waals surface area contributed by atoms with Crippen LogP contribution in [-0.2, 0) is 9.47 Å². The molecule has 1 aliphatic carbocycles. The molecule has 1 saturated heterocycles. The van der Waals surface area contributed by atoms with Gasteiger partial charge in [-0.05, 0) is 39.7 Å². The van der Waals surface area contributed by atoms with Gasteiger partial charge in [-0.2, -0.15) is 0 Å². The van der Waals surface area contributed by atoms with Gasteiger partial charge in [0.1, 0.15) is 0 Å². The predicted molar refractivity (Wildman–Crippen MR) is 68.9 cm³/mol. The van der Waals surface area contributed by atoms with Gasteiger partial charge in [0.05, 0.1) is 13.2 Å². The highest BCUT2D eigenvalue weighted by atomic mass is 16.7. The third kappa shape index (κ3) is 3.01. The van der Waals surface area contributed by atoms with Gasteiger partial charge < -0.3 is 14.8 Å². The Balaban J connectivity index is 1.90. The van der Waals surface area contributed by atoms with Crippen molar-refractivity contribution in [1.82, 2.24) is 5.32 Å². The van der Waals surface area contributed by atoms with Crippen molar-refractivity contribution in [3.8, 4) is 0 Å². The molecule has 2 fully saturated rings. The van der Waals surface area contributed by atoms with Gasteiger partial charge in [-0.1, -0.05) is 13.8 Å². The molecule has 0 unspecified atom stereocenters. The minimum Gasteiger partial charge on any atom is -0.349 e. The Bertz CT molecular complexity index is 247. The van der Waals surface area contributed by atoms with E-state index < -0.39 is 0 Å². The van der Waals surface area contributed by atoms with Crippen molar-refractivity contribution < 1.29 is 9.47 Å². The van der Waals surface area contributed by atoms with Gasteiger partial charge in [0.15, 0.2) is 5.79 Å². The SMILES string of the molecule is CNC1CCC(C2(C)OCC(C)(C)CO2)CC1. The zero-order valence-corrected chi connectivity index (χ0v) is 11.7. The Morgan fingerprint density at radius 3 is 1.94 bits per heavy atom. The number of hydrogen-bond acceptors (Lipinski definition) is 3. The normalized spacial score (nSPS) is 36.7. The summed E-state index contributed by atoms with van der Waals surface area (Å²) in [5.74, 6) is 0.219. The Kier molecular flexibility index (Phi) is 3.81. The van der Waals surface area contributed by atoms with E-state index in [-0.39, 0.29) is 11.2 Å². The van der Waals surface area contributed by atoms with Crippen molar-refractivity contribution in [2.75, 3.05) is 20.3 Å². The molecule has 1 heterocycles. The summed E-state index contributed by atoms with van der Waals surface area (Å²) < 4.78 is 12.1. The highest BCUT2D eigenvalue weighted by Gasteiger charge is 2.43. The largest absolute Gasteiger partial charge is 0.349 e. The van der Waals surface area contributed by atoms with Crippen molar-refractivity contribution in [2.45, 2.75) is 58.3 Å². The third-order valence-corrected chi connectivity index (χ3v) is 4.38. The zero-order valence-electron chi connectivity index (χ0n) is 11.7. The van der Waals surface area contributed by atoms with Gasteiger partial charge in [0.2, 0.25) is 0 Å². The highest BCUT2D eigenvalue weighted by molar-refractivity contribution is 4.87. The Morgan fingerprint density at radius 1 is 0.941 bits per heavy atom. The van der Waals surface area contributed by atoms with Crippen LogP contribution in [0, 0.1) is 11.3 Å². The first-order chi connectivity index (χ1) is 7.95. The maximum Gasteiger partial charge on any atom is 0.168 e. The molecule has 17 heavy (non-hydrogen) atoms. The highest BCUT2D eigenvalue weighted by Crippen LogP contribution is 2.40. The molecule has 1 saturated carbocycles. The molecule has 0 aromatic heterocycles. The van der Waals surface area contributed by atoms with Crippen molar-refractivity contribution in [1.29, 1.82) is 0 Å². The molecule has 3 heteroatoms. The maximum atomic E-state index is 6.05. The van der Waals surface area contributed by atoms with Crippen LogP contribution in [0.4, 0.5) is 0 Å². The zero-order chi connectivity index (χ0) is 12.5. The molecule has 0 bridgehead atoms.